The van der Waals surface area contributed by atoms with E-state index in [1.54, 1.807) is 7.11 Å². The second kappa shape index (κ2) is 14.2. The lowest BCUT2D eigenvalue weighted by Crippen LogP contribution is -2.37. The van der Waals surface area contributed by atoms with Crippen molar-refractivity contribution in [2.45, 2.75) is 45.3 Å². The zero-order valence-corrected chi connectivity index (χ0v) is 22.1. The second-order valence-corrected chi connectivity index (χ2v) is 9.63. The van der Waals surface area contributed by atoms with Crippen LogP contribution in [0.5, 0.6) is 11.5 Å². The lowest BCUT2D eigenvalue weighted by atomic mass is 10.1. The summed E-state index contributed by atoms with van der Waals surface area (Å²) in [6, 6.07) is 23.8. The predicted molar refractivity (Wildman–Crippen MR) is 148 cm³/mol. The number of amides is 2. The van der Waals surface area contributed by atoms with E-state index in [2.05, 4.69) is 27.7 Å². The third kappa shape index (κ3) is 8.63. The van der Waals surface area contributed by atoms with E-state index in [4.69, 9.17) is 9.47 Å². The van der Waals surface area contributed by atoms with E-state index in [9.17, 15) is 9.59 Å². The number of benzene rings is 3. The van der Waals surface area contributed by atoms with Crippen molar-refractivity contribution in [1.29, 1.82) is 0 Å². The van der Waals surface area contributed by atoms with Crippen LogP contribution < -0.4 is 20.1 Å². The molecule has 0 unspecified atom stereocenters. The summed E-state index contributed by atoms with van der Waals surface area (Å²) in [5.41, 5.74) is 4.04. The van der Waals surface area contributed by atoms with Crippen LogP contribution in [0.3, 0.4) is 0 Å². The maximum absolute atomic E-state index is 12.7. The fourth-order valence-electron chi connectivity index (χ4n) is 4.52. The summed E-state index contributed by atoms with van der Waals surface area (Å²) < 4.78 is 11.4. The van der Waals surface area contributed by atoms with Gasteiger partial charge < -0.3 is 20.1 Å². The van der Waals surface area contributed by atoms with Crippen LogP contribution in [0.15, 0.2) is 72.8 Å². The first-order valence-electron chi connectivity index (χ1n) is 13.3. The normalized spacial score (nSPS) is 15.0. The van der Waals surface area contributed by atoms with Crippen molar-refractivity contribution in [1.82, 2.24) is 15.5 Å². The Balaban J connectivity index is 1.47. The number of hydrogen-bond donors (Lipinski definition) is 2. The molecule has 2 amide bonds. The summed E-state index contributed by atoms with van der Waals surface area (Å²) in [4.78, 5) is 27.6. The van der Waals surface area contributed by atoms with E-state index in [-0.39, 0.29) is 18.2 Å². The molecule has 3 aromatic rings. The van der Waals surface area contributed by atoms with Crippen molar-refractivity contribution >= 4 is 11.8 Å². The number of nitrogens with one attached hydrogen (secondary N) is 2. The van der Waals surface area contributed by atoms with Gasteiger partial charge in [-0.25, -0.2) is 0 Å². The third-order valence-electron chi connectivity index (χ3n) is 6.55. The molecule has 7 heteroatoms. The molecule has 7 nitrogen and oxygen atoms in total. The number of fused-ring (bicyclic) bond motifs is 1. The molecule has 0 radical (unpaired) electrons. The molecule has 4 rings (SSSR count). The molecule has 1 aliphatic rings. The molecule has 38 heavy (non-hydrogen) atoms. The van der Waals surface area contributed by atoms with E-state index in [1.165, 1.54) is 0 Å². The van der Waals surface area contributed by atoms with Crippen LogP contribution in [0.1, 0.15) is 41.5 Å². The first-order chi connectivity index (χ1) is 18.6. The van der Waals surface area contributed by atoms with Gasteiger partial charge in [0.15, 0.2) is 0 Å². The fourth-order valence-corrected chi connectivity index (χ4v) is 4.52. The van der Waals surface area contributed by atoms with Crippen LogP contribution in [0.2, 0.25) is 0 Å². The minimum Gasteiger partial charge on any atom is -0.497 e. The van der Waals surface area contributed by atoms with Crippen molar-refractivity contribution in [2.24, 2.45) is 0 Å². The molecular formula is C31H37N3O4. The zero-order valence-electron chi connectivity index (χ0n) is 22.1. The van der Waals surface area contributed by atoms with Gasteiger partial charge in [-0.2, -0.15) is 0 Å². The first kappa shape index (κ1) is 27.2. The smallest absolute Gasteiger partial charge is 0.234 e. The molecule has 0 atom stereocenters. The Morgan fingerprint density at radius 2 is 1.74 bits per heavy atom. The number of carbonyl (C=O) groups is 2. The van der Waals surface area contributed by atoms with E-state index >= 15 is 0 Å². The predicted octanol–water partition coefficient (Wildman–Crippen LogP) is 4.24. The van der Waals surface area contributed by atoms with Gasteiger partial charge in [-0.3, -0.25) is 14.5 Å². The Labute approximate surface area is 225 Å². The van der Waals surface area contributed by atoms with Gasteiger partial charge in [0, 0.05) is 31.7 Å². The maximum atomic E-state index is 12.7. The van der Waals surface area contributed by atoms with Gasteiger partial charge in [-0.15, -0.1) is 0 Å². The highest BCUT2D eigenvalue weighted by Crippen LogP contribution is 2.24. The van der Waals surface area contributed by atoms with E-state index < -0.39 is 0 Å². The lowest BCUT2D eigenvalue weighted by molar-refractivity contribution is -0.122. The summed E-state index contributed by atoms with van der Waals surface area (Å²) in [7, 11) is 1.63. The van der Waals surface area contributed by atoms with Crippen LogP contribution >= 0.6 is 0 Å². The van der Waals surface area contributed by atoms with Gasteiger partial charge in [-0.1, -0.05) is 54.6 Å². The first-order valence-corrected chi connectivity index (χ1v) is 13.3. The Kier molecular flexibility index (Phi) is 10.2. The SMILES string of the molecule is COc1ccc(CNC(=O)Cc2ccc3c(c2)CN(Cc2ccccc2)CC(=O)NCCCCCO3)cc1. The van der Waals surface area contributed by atoms with Crippen molar-refractivity contribution in [3.05, 3.63) is 95.1 Å². The molecular weight excluding hydrogens is 478 g/mol. The average molecular weight is 516 g/mol. The molecule has 0 saturated heterocycles. The Hall–Kier alpha value is -3.84. The lowest BCUT2D eigenvalue weighted by Gasteiger charge is -2.23. The van der Waals surface area contributed by atoms with Gasteiger partial charge in [-0.05, 0) is 54.2 Å². The molecule has 2 N–H and O–H groups in total. The second-order valence-electron chi connectivity index (χ2n) is 9.63. The molecule has 0 aromatic heterocycles. The Bertz CT molecular complexity index is 1180. The largest absolute Gasteiger partial charge is 0.497 e. The molecule has 1 heterocycles. The summed E-state index contributed by atoms with van der Waals surface area (Å²) in [6.45, 7) is 3.24. The van der Waals surface area contributed by atoms with Crippen LogP contribution in [0.4, 0.5) is 0 Å². The van der Waals surface area contributed by atoms with Gasteiger partial charge in [0.05, 0.1) is 26.7 Å². The number of nitrogens with zero attached hydrogens (tertiary/aromatic N) is 1. The zero-order chi connectivity index (χ0) is 26.6. The number of rotatable bonds is 7. The molecule has 0 saturated carbocycles. The average Bonchev–Trinajstić information content (AvgIpc) is 2.94. The minimum absolute atomic E-state index is 0.0247. The van der Waals surface area contributed by atoms with Crippen LogP contribution in [0, 0.1) is 0 Å². The highest BCUT2D eigenvalue weighted by Gasteiger charge is 2.17. The minimum atomic E-state index is -0.0492. The summed E-state index contributed by atoms with van der Waals surface area (Å²) in [6.07, 6.45) is 3.13. The van der Waals surface area contributed by atoms with Gasteiger partial charge in [0.1, 0.15) is 11.5 Å². The van der Waals surface area contributed by atoms with E-state index in [0.29, 0.717) is 39.3 Å². The van der Waals surface area contributed by atoms with Gasteiger partial charge in [0.2, 0.25) is 11.8 Å². The van der Waals surface area contributed by atoms with Crippen LogP contribution in [-0.2, 0) is 35.6 Å². The highest BCUT2D eigenvalue weighted by molar-refractivity contribution is 5.79. The molecule has 1 aliphatic heterocycles. The fraction of sp³-hybridized carbons (Fsp3) is 0.355. The molecule has 200 valence electrons. The van der Waals surface area contributed by atoms with Crippen molar-refractivity contribution in [3.8, 4) is 11.5 Å². The molecule has 0 spiro atoms. The van der Waals surface area contributed by atoms with Gasteiger partial charge in [0.25, 0.3) is 0 Å². The topological polar surface area (TPSA) is 79.9 Å². The van der Waals surface area contributed by atoms with Gasteiger partial charge >= 0.3 is 0 Å². The maximum Gasteiger partial charge on any atom is 0.234 e. The molecule has 3 aromatic carbocycles. The van der Waals surface area contributed by atoms with Crippen LogP contribution in [-0.4, -0.2) is 43.5 Å². The number of hydrogen-bond acceptors (Lipinski definition) is 5. The van der Waals surface area contributed by atoms with Crippen molar-refractivity contribution < 1.29 is 19.1 Å². The van der Waals surface area contributed by atoms with E-state index in [0.717, 1.165) is 53.0 Å². The summed E-state index contributed by atoms with van der Waals surface area (Å²) in [5.74, 6) is 1.57. The molecule has 0 aliphatic carbocycles. The highest BCUT2D eigenvalue weighted by atomic mass is 16.5. The number of carbonyl (C=O) groups excluding carboxylic acids is 2. The van der Waals surface area contributed by atoms with Crippen molar-refractivity contribution in [3.63, 3.8) is 0 Å². The number of methoxy groups -OCH3 is 1. The quantitative estimate of drug-likeness (QED) is 0.492. The monoisotopic (exact) mass is 515 g/mol. The Morgan fingerprint density at radius 3 is 2.53 bits per heavy atom. The molecule has 0 fully saturated rings. The standard InChI is InChI=1S/C31H37N3O4/c1-37-28-13-10-24(11-14-28)20-33-30(35)19-26-12-15-29-27(18-26)22-34(21-25-8-4-2-5-9-25)23-31(36)32-16-6-3-7-17-38-29/h2,4-5,8-15,18H,3,6-7,16-17,19-23H2,1H3,(H,32,36)(H,33,35). The summed E-state index contributed by atoms with van der Waals surface area (Å²) in [5, 5.41) is 6.05. The third-order valence-corrected chi connectivity index (χ3v) is 6.55. The van der Waals surface area contributed by atoms with Crippen LogP contribution in [0.25, 0.3) is 0 Å². The summed E-state index contributed by atoms with van der Waals surface area (Å²) >= 11 is 0. The number of ether oxygens (including phenoxy) is 2. The Morgan fingerprint density at radius 1 is 0.947 bits per heavy atom. The van der Waals surface area contributed by atoms with Crippen molar-refractivity contribution in [2.75, 3.05) is 26.8 Å². The van der Waals surface area contributed by atoms with E-state index in [1.807, 2.05) is 60.7 Å². The molecule has 0 bridgehead atoms.